The zero-order valence-electron chi connectivity index (χ0n) is 8.72. The largest absolute Gasteiger partial charge is 0.465 e. The van der Waals surface area contributed by atoms with Gasteiger partial charge in [0, 0.05) is 7.05 Å². The summed E-state index contributed by atoms with van der Waals surface area (Å²) in [5.74, 6) is -0.535. The highest BCUT2D eigenvalue weighted by atomic mass is 16.6. The maximum absolute atomic E-state index is 10.9. The highest BCUT2D eigenvalue weighted by molar-refractivity contribution is 5.91. The van der Waals surface area contributed by atoms with Gasteiger partial charge in [-0.15, -0.1) is 0 Å². The van der Waals surface area contributed by atoms with Gasteiger partial charge in [-0.25, -0.2) is 4.79 Å². The summed E-state index contributed by atoms with van der Waals surface area (Å²) in [4.78, 5) is 10.9. The van der Waals surface area contributed by atoms with Gasteiger partial charge in [0.05, 0.1) is 12.3 Å². The van der Waals surface area contributed by atoms with E-state index in [1.165, 1.54) is 0 Å². The molecule has 0 amide bonds. The second-order valence-corrected chi connectivity index (χ2v) is 2.38. The highest BCUT2D eigenvalue weighted by Crippen LogP contribution is 1.93. The minimum Gasteiger partial charge on any atom is -0.465 e. The van der Waals surface area contributed by atoms with Crippen LogP contribution in [0.4, 0.5) is 0 Å². The lowest BCUT2D eigenvalue weighted by atomic mass is 10.4. The molecule has 0 saturated carbocycles. The van der Waals surface area contributed by atoms with E-state index in [1.54, 1.807) is 27.0 Å². The van der Waals surface area contributed by atoms with Gasteiger partial charge in [-0.2, -0.15) is 0 Å². The van der Waals surface area contributed by atoms with Gasteiger partial charge in [-0.05, 0) is 13.8 Å². The van der Waals surface area contributed by atoms with Crippen LogP contribution in [0.25, 0.3) is 0 Å². The third-order valence-corrected chi connectivity index (χ3v) is 1.44. The van der Waals surface area contributed by atoms with Crippen molar-refractivity contribution in [2.75, 3.05) is 20.3 Å². The molecule has 0 bridgehead atoms. The maximum atomic E-state index is 10.9. The molecule has 5 heteroatoms. The summed E-state index contributed by atoms with van der Waals surface area (Å²) < 4.78 is 9.52. The number of rotatable bonds is 5. The Kier molecular flexibility index (Phi) is 6.19. The van der Waals surface area contributed by atoms with Crippen molar-refractivity contribution in [1.82, 2.24) is 5.32 Å². The Bertz CT molecular complexity index is 236. The number of hydrogen-bond donors (Lipinski definition) is 2. The fraction of sp³-hybridized carbons (Fsp3) is 0.556. The Balaban J connectivity index is 3.90. The van der Waals surface area contributed by atoms with Crippen LogP contribution in [-0.2, 0) is 14.3 Å². The van der Waals surface area contributed by atoms with Crippen LogP contribution in [-0.4, -0.2) is 32.1 Å². The molecule has 0 atom stereocenters. The van der Waals surface area contributed by atoms with Crippen molar-refractivity contribution in [2.24, 2.45) is 0 Å². The van der Waals surface area contributed by atoms with Crippen molar-refractivity contribution in [1.29, 1.82) is 5.41 Å². The van der Waals surface area contributed by atoms with E-state index in [4.69, 9.17) is 10.1 Å². The average Bonchev–Trinajstić information content (AvgIpc) is 2.17. The van der Waals surface area contributed by atoms with Crippen molar-refractivity contribution in [2.45, 2.75) is 13.8 Å². The Morgan fingerprint density at radius 2 is 2.14 bits per heavy atom. The molecule has 0 aromatic rings. The summed E-state index contributed by atoms with van der Waals surface area (Å²) in [7, 11) is 1.68. The van der Waals surface area contributed by atoms with Crippen molar-refractivity contribution >= 4 is 11.9 Å². The summed E-state index contributed by atoms with van der Waals surface area (Å²) in [6, 6.07) is 0. The predicted molar refractivity (Wildman–Crippen MR) is 53.1 cm³/mol. The average molecular weight is 200 g/mol. The molecular formula is C9H16N2O3. The van der Waals surface area contributed by atoms with E-state index in [1.807, 2.05) is 0 Å². The third kappa shape index (κ3) is 4.49. The summed E-state index contributed by atoms with van der Waals surface area (Å²) in [5.41, 5.74) is 0.536. The first-order valence-electron chi connectivity index (χ1n) is 4.37. The molecular weight excluding hydrogens is 184 g/mol. The van der Waals surface area contributed by atoms with E-state index in [2.05, 4.69) is 10.1 Å². The molecule has 0 fully saturated rings. The Morgan fingerprint density at radius 3 is 2.57 bits per heavy atom. The fourth-order valence-corrected chi connectivity index (χ4v) is 0.800. The molecule has 5 nitrogen and oxygen atoms in total. The van der Waals surface area contributed by atoms with Crippen LogP contribution in [0.2, 0.25) is 0 Å². The van der Waals surface area contributed by atoms with Crippen LogP contribution in [0.1, 0.15) is 13.8 Å². The number of carbonyl (C=O) groups excluding carboxylic acids is 1. The van der Waals surface area contributed by atoms with Gasteiger partial charge in [0.1, 0.15) is 0 Å². The highest BCUT2D eigenvalue weighted by Gasteiger charge is 2.07. The lowest BCUT2D eigenvalue weighted by molar-refractivity contribution is -0.145. The predicted octanol–water partition coefficient (Wildman–Crippen LogP) is 0.667. The summed E-state index contributed by atoms with van der Waals surface area (Å²) in [6.07, 6.45) is 1.69. The molecule has 0 saturated heterocycles. The van der Waals surface area contributed by atoms with Gasteiger partial charge in [0.2, 0.25) is 5.90 Å². The molecule has 0 unspecified atom stereocenters. The van der Waals surface area contributed by atoms with E-state index in [-0.39, 0.29) is 12.5 Å². The van der Waals surface area contributed by atoms with Crippen LogP contribution < -0.4 is 5.32 Å². The van der Waals surface area contributed by atoms with Crippen molar-refractivity contribution < 1.29 is 14.3 Å². The van der Waals surface area contributed by atoms with Crippen LogP contribution >= 0.6 is 0 Å². The smallest absolute Gasteiger partial charge is 0.344 e. The summed E-state index contributed by atoms with van der Waals surface area (Å²) in [5, 5.41) is 10.2. The Hall–Kier alpha value is -1.52. The van der Waals surface area contributed by atoms with Gasteiger partial charge in [0.25, 0.3) is 0 Å². The van der Waals surface area contributed by atoms with Crippen molar-refractivity contribution in [3.05, 3.63) is 11.8 Å². The first kappa shape index (κ1) is 12.5. The quantitative estimate of drug-likeness (QED) is 0.388. The minimum atomic E-state index is -0.469. The second kappa shape index (κ2) is 6.94. The molecule has 0 spiro atoms. The van der Waals surface area contributed by atoms with Gasteiger partial charge >= 0.3 is 5.97 Å². The molecule has 0 rings (SSSR count). The first-order valence-corrected chi connectivity index (χ1v) is 4.37. The topological polar surface area (TPSA) is 71.4 Å². The zero-order valence-corrected chi connectivity index (χ0v) is 8.72. The number of hydrogen-bond acceptors (Lipinski definition) is 5. The molecule has 80 valence electrons. The molecule has 14 heavy (non-hydrogen) atoms. The molecule has 2 N–H and O–H groups in total. The molecule has 0 aliphatic heterocycles. The van der Waals surface area contributed by atoms with E-state index in [0.29, 0.717) is 12.3 Å². The number of nitrogens with one attached hydrogen (secondary N) is 2. The van der Waals surface area contributed by atoms with Gasteiger partial charge in [0.15, 0.2) is 6.61 Å². The van der Waals surface area contributed by atoms with Gasteiger partial charge in [-0.1, -0.05) is 6.08 Å². The van der Waals surface area contributed by atoms with Crippen LogP contribution in [0.15, 0.2) is 11.8 Å². The van der Waals surface area contributed by atoms with E-state index < -0.39 is 5.97 Å². The normalized spacial score (nSPS) is 10.6. The number of likely N-dealkylation sites (N-methyl/N-ethyl adjacent to an activating group) is 1. The molecule has 0 aliphatic carbocycles. The summed E-state index contributed by atoms with van der Waals surface area (Å²) in [6.45, 7) is 3.58. The first-order chi connectivity index (χ1) is 6.65. The lowest BCUT2D eigenvalue weighted by Gasteiger charge is -2.09. The fourth-order valence-electron chi connectivity index (χ4n) is 0.800. The minimum absolute atomic E-state index is 0.0666. The van der Waals surface area contributed by atoms with Crippen LogP contribution in [0, 0.1) is 5.41 Å². The van der Waals surface area contributed by atoms with Crippen LogP contribution in [0.5, 0.6) is 0 Å². The Morgan fingerprint density at radius 1 is 1.50 bits per heavy atom. The zero-order chi connectivity index (χ0) is 11.0. The van der Waals surface area contributed by atoms with Gasteiger partial charge < -0.3 is 14.8 Å². The van der Waals surface area contributed by atoms with Gasteiger partial charge in [-0.3, -0.25) is 5.41 Å². The van der Waals surface area contributed by atoms with Crippen LogP contribution in [0.3, 0.4) is 0 Å². The second-order valence-electron chi connectivity index (χ2n) is 2.38. The van der Waals surface area contributed by atoms with E-state index in [0.717, 1.165) is 0 Å². The SMILES string of the molecule is C/C=C(/NC)C(=N)OCC(=O)OCC. The Labute approximate surface area is 83.6 Å². The third-order valence-electron chi connectivity index (χ3n) is 1.44. The molecule has 0 heterocycles. The van der Waals surface area contributed by atoms with E-state index >= 15 is 0 Å². The summed E-state index contributed by atoms with van der Waals surface area (Å²) >= 11 is 0. The number of allylic oxidation sites excluding steroid dienone is 1. The molecule has 0 aromatic carbocycles. The van der Waals surface area contributed by atoms with Crippen molar-refractivity contribution in [3.8, 4) is 0 Å². The lowest BCUT2D eigenvalue weighted by Crippen LogP contribution is -2.22. The van der Waals surface area contributed by atoms with E-state index in [9.17, 15) is 4.79 Å². The monoisotopic (exact) mass is 200 g/mol. The number of esters is 1. The number of carbonyl (C=O) groups is 1. The van der Waals surface area contributed by atoms with Crippen molar-refractivity contribution in [3.63, 3.8) is 0 Å². The molecule has 0 aliphatic rings. The molecule has 0 radical (unpaired) electrons. The standard InChI is InChI=1S/C9H16N2O3/c1-4-7(11-3)9(10)14-6-8(12)13-5-2/h4,10-11H,5-6H2,1-3H3/b7-4+,10-9?. The number of ether oxygens (including phenoxy) is 2. The maximum Gasteiger partial charge on any atom is 0.344 e. The molecule has 0 aromatic heterocycles.